The van der Waals surface area contributed by atoms with Crippen LogP contribution >= 0.6 is 11.8 Å². The first-order valence-corrected chi connectivity index (χ1v) is 12.5. The molecule has 3 amide bonds. The predicted molar refractivity (Wildman–Crippen MR) is 131 cm³/mol. The first-order valence-electron chi connectivity index (χ1n) is 11.5. The first-order chi connectivity index (χ1) is 16.6. The highest BCUT2D eigenvalue weighted by molar-refractivity contribution is 7.99. The Balaban J connectivity index is 1.40. The number of carbonyl (C=O) groups is 2. The lowest BCUT2D eigenvalue weighted by molar-refractivity contribution is -0.117. The predicted octanol–water partition coefficient (Wildman–Crippen LogP) is 4.41. The molecule has 3 aromatic rings. The monoisotopic (exact) mass is 479 g/mol. The van der Waals surface area contributed by atoms with Crippen LogP contribution in [0.3, 0.4) is 0 Å². The van der Waals surface area contributed by atoms with Crippen LogP contribution in [0, 0.1) is 6.92 Å². The Morgan fingerprint density at radius 1 is 1.03 bits per heavy atom. The van der Waals surface area contributed by atoms with Gasteiger partial charge in [-0.15, -0.1) is 10.2 Å². The molecule has 1 aromatic heterocycles. The number of urea groups is 1. The van der Waals surface area contributed by atoms with Crippen LogP contribution in [-0.2, 0) is 11.4 Å². The molecule has 2 aromatic carbocycles. The van der Waals surface area contributed by atoms with Gasteiger partial charge in [-0.2, -0.15) is 0 Å². The largest absolute Gasteiger partial charge is 0.485 e. The van der Waals surface area contributed by atoms with Crippen molar-refractivity contribution >= 4 is 23.7 Å². The average molecular weight is 480 g/mol. The van der Waals surface area contributed by atoms with E-state index in [1.165, 1.54) is 18.2 Å². The number of carbonyl (C=O) groups excluding carboxylic acids is 2. The zero-order chi connectivity index (χ0) is 23.8. The number of thioether (sulfide) groups is 1. The number of rotatable bonds is 8. The smallest absolute Gasteiger partial charge is 0.321 e. The third-order valence-electron chi connectivity index (χ3n) is 5.69. The van der Waals surface area contributed by atoms with Crippen molar-refractivity contribution in [1.82, 2.24) is 25.4 Å². The molecule has 178 valence electrons. The van der Waals surface area contributed by atoms with E-state index < -0.39 is 6.03 Å². The normalized spacial score (nSPS) is 13.9. The molecule has 1 aliphatic carbocycles. The highest BCUT2D eigenvalue weighted by Gasteiger charge is 2.19. The molecule has 0 spiro atoms. The molecule has 9 heteroatoms. The number of aryl methyl sites for hydroxylation is 1. The number of amides is 3. The van der Waals surface area contributed by atoms with E-state index in [0.29, 0.717) is 11.0 Å². The Bertz CT molecular complexity index is 1110. The van der Waals surface area contributed by atoms with Crippen LogP contribution in [0.25, 0.3) is 5.69 Å². The lowest BCUT2D eigenvalue weighted by Crippen LogP contribution is -2.45. The van der Waals surface area contributed by atoms with E-state index in [-0.39, 0.29) is 24.3 Å². The molecule has 0 saturated heterocycles. The molecule has 8 nitrogen and oxygen atoms in total. The molecule has 0 unspecified atom stereocenters. The zero-order valence-electron chi connectivity index (χ0n) is 19.2. The molecule has 0 atom stereocenters. The summed E-state index contributed by atoms with van der Waals surface area (Å²) < 4.78 is 7.86. The summed E-state index contributed by atoms with van der Waals surface area (Å²) in [6, 6.07) is 17.2. The second-order valence-electron chi connectivity index (χ2n) is 8.27. The number of ether oxygens (including phenoxy) is 1. The van der Waals surface area contributed by atoms with Crippen LogP contribution in [0.4, 0.5) is 4.79 Å². The quantitative estimate of drug-likeness (QED) is 0.465. The SMILES string of the molecule is Cc1ccccc1OCc1nnc(SCC(=O)NC(=O)NC2CCCCC2)n1-c1ccccc1. The maximum Gasteiger partial charge on any atom is 0.321 e. The Morgan fingerprint density at radius 2 is 1.76 bits per heavy atom. The van der Waals surface area contributed by atoms with Crippen LogP contribution in [0.2, 0.25) is 0 Å². The summed E-state index contributed by atoms with van der Waals surface area (Å²) in [7, 11) is 0. The molecule has 0 aliphatic heterocycles. The van der Waals surface area contributed by atoms with Gasteiger partial charge in [0.1, 0.15) is 12.4 Å². The van der Waals surface area contributed by atoms with E-state index >= 15 is 0 Å². The minimum Gasteiger partial charge on any atom is -0.485 e. The van der Waals surface area contributed by atoms with Crippen molar-refractivity contribution in [2.75, 3.05) is 5.75 Å². The van der Waals surface area contributed by atoms with Crippen LogP contribution in [-0.4, -0.2) is 38.5 Å². The second-order valence-corrected chi connectivity index (χ2v) is 9.21. The van der Waals surface area contributed by atoms with Crippen molar-refractivity contribution in [2.45, 2.75) is 56.8 Å². The summed E-state index contributed by atoms with van der Waals surface area (Å²) in [4.78, 5) is 24.6. The van der Waals surface area contributed by atoms with Gasteiger partial charge in [0, 0.05) is 11.7 Å². The van der Waals surface area contributed by atoms with E-state index in [1.807, 2.05) is 66.1 Å². The minimum absolute atomic E-state index is 0.0434. The van der Waals surface area contributed by atoms with Crippen molar-refractivity contribution in [1.29, 1.82) is 0 Å². The Labute approximate surface area is 203 Å². The Hall–Kier alpha value is -3.33. The van der Waals surface area contributed by atoms with Gasteiger partial charge in [-0.1, -0.05) is 67.4 Å². The number of para-hydroxylation sites is 2. The van der Waals surface area contributed by atoms with E-state index in [4.69, 9.17) is 4.74 Å². The fourth-order valence-electron chi connectivity index (χ4n) is 3.95. The summed E-state index contributed by atoms with van der Waals surface area (Å²) in [5, 5.41) is 14.5. The molecule has 1 aliphatic rings. The van der Waals surface area contributed by atoms with Crippen molar-refractivity contribution in [3.05, 3.63) is 66.0 Å². The van der Waals surface area contributed by atoms with Crippen LogP contribution in [0.15, 0.2) is 59.8 Å². The van der Waals surface area contributed by atoms with Gasteiger partial charge in [-0.05, 0) is 43.5 Å². The zero-order valence-corrected chi connectivity index (χ0v) is 20.0. The molecule has 34 heavy (non-hydrogen) atoms. The number of hydrogen-bond acceptors (Lipinski definition) is 6. The van der Waals surface area contributed by atoms with E-state index in [0.717, 1.165) is 42.7 Å². The maximum atomic E-state index is 12.4. The van der Waals surface area contributed by atoms with Crippen molar-refractivity contribution < 1.29 is 14.3 Å². The Morgan fingerprint density at radius 3 is 2.53 bits per heavy atom. The third-order valence-corrected chi connectivity index (χ3v) is 6.62. The molecule has 0 radical (unpaired) electrons. The lowest BCUT2D eigenvalue weighted by Gasteiger charge is -2.22. The molecule has 0 bridgehead atoms. The van der Waals surface area contributed by atoms with E-state index in [9.17, 15) is 9.59 Å². The summed E-state index contributed by atoms with van der Waals surface area (Å²) in [5.74, 6) is 1.07. The minimum atomic E-state index is -0.436. The average Bonchev–Trinajstić information content (AvgIpc) is 3.26. The van der Waals surface area contributed by atoms with Crippen LogP contribution in [0.1, 0.15) is 43.5 Å². The summed E-state index contributed by atoms with van der Waals surface area (Å²) in [6.07, 6.45) is 5.35. The van der Waals surface area contributed by atoms with Gasteiger partial charge in [-0.3, -0.25) is 14.7 Å². The molecular formula is C25H29N5O3S. The van der Waals surface area contributed by atoms with Crippen molar-refractivity contribution in [2.24, 2.45) is 0 Å². The van der Waals surface area contributed by atoms with Crippen molar-refractivity contribution in [3.63, 3.8) is 0 Å². The standard InChI is InChI=1S/C25H29N5O3S/c1-18-10-8-9-15-21(18)33-16-22-28-29-25(30(22)20-13-6-3-7-14-20)34-17-23(31)27-24(32)26-19-11-4-2-5-12-19/h3,6-10,13-15,19H,2,4-5,11-12,16-17H2,1H3,(H2,26,27,31,32). The first kappa shape index (κ1) is 23.8. The van der Waals surface area contributed by atoms with Crippen LogP contribution in [0.5, 0.6) is 5.75 Å². The molecule has 4 rings (SSSR count). The van der Waals surface area contributed by atoms with Gasteiger partial charge in [-0.25, -0.2) is 4.79 Å². The van der Waals surface area contributed by atoms with Crippen molar-refractivity contribution in [3.8, 4) is 11.4 Å². The van der Waals surface area contributed by atoms with Gasteiger partial charge in [0.15, 0.2) is 11.0 Å². The molecule has 1 heterocycles. The summed E-state index contributed by atoms with van der Waals surface area (Å²) in [6.45, 7) is 2.21. The fourth-order valence-corrected chi connectivity index (χ4v) is 4.72. The van der Waals surface area contributed by atoms with Crippen LogP contribution < -0.4 is 15.4 Å². The number of nitrogens with one attached hydrogen (secondary N) is 2. The van der Waals surface area contributed by atoms with Gasteiger partial charge < -0.3 is 10.1 Å². The second kappa shape index (κ2) is 11.7. The van der Waals surface area contributed by atoms with Gasteiger partial charge in [0.2, 0.25) is 5.91 Å². The number of benzene rings is 2. The van der Waals surface area contributed by atoms with E-state index in [2.05, 4.69) is 20.8 Å². The molecule has 2 N–H and O–H groups in total. The number of imide groups is 1. The molecule has 1 fully saturated rings. The topological polar surface area (TPSA) is 98.1 Å². The van der Waals surface area contributed by atoms with Gasteiger partial charge >= 0.3 is 6.03 Å². The molecular weight excluding hydrogens is 450 g/mol. The summed E-state index contributed by atoms with van der Waals surface area (Å²) >= 11 is 1.23. The highest BCUT2D eigenvalue weighted by atomic mass is 32.2. The fraction of sp³-hybridized carbons (Fsp3) is 0.360. The van der Waals surface area contributed by atoms with Gasteiger partial charge in [0.25, 0.3) is 0 Å². The number of hydrogen-bond donors (Lipinski definition) is 2. The van der Waals surface area contributed by atoms with Gasteiger partial charge in [0.05, 0.1) is 5.75 Å². The number of aromatic nitrogens is 3. The number of nitrogens with zero attached hydrogens (tertiary/aromatic N) is 3. The third kappa shape index (κ3) is 6.38. The lowest BCUT2D eigenvalue weighted by atomic mass is 9.96. The Kier molecular flexibility index (Phi) is 8.19. The van der Waals surface area contributed by atoms with E-state index in [1.54, 1.807) is 0 Å². The highest BCUT2D eigenvalue weighted by Crippen LogP contribution is 2.24. The maximum absolute atomic E-state index is 12.4. The molecule has 1 saturated carbocycles. The summed E-state index contributed by atoms with van der Waals surface area (Å²) in [5.41, 5.74) is 1.90.